The van der Waals surface area contributed by atoms with Crippen LogP contribution in [0.25, 0.3) is 0 Å². The van der Waals surface area contributed by atoms with E-state index in [0.29, 0.717) is 10.8 Å². The smallest absolute Gasteiger partial charge is 0.114 e. The van der Waals surface area contributed by atoms with Gasteiger partial charge in [-0.3, -0.25) is 0 Å². The van der Waals surface area contributed by atoms with Gasteiger partial charge < -0.3 is 4.74 Å². The Morgan fingerprint density at radius 3 is 3.20 bits per heavy atom. The number of hydrogen-bond acceptors (Lipinski definition) is 4. The van der Waals surface area contributed by atoms with Crippen molar-refractivity contribution in [3.05, 3.63) is 23.9 Å². The van der Waals surface area contributed by atoms with Crippen LogP contribution in [0.1, 0.15) is 18.9 Å². The maximum atomic E-state index is 8.92. The monoisotopic (exact) mass is 220 g/mol. The van der Waals surface area contributed by atoms with Crippen molar-refractivity contribution in [3.63, 3.8) is 0 Å². The lowest BCUT2D eigenvalue weighted by Crippen LogP contribution is -2.13. The van der Waals surface area contributed by atoms with Gasteiger partial charge in [-0.2, -0.15) is 5.26 Å². The van der Waals surface area contributed by atoms with Crippen LogP contribution in [0.4, 0.5) is 0 Å². The predicted octanol–water partition coefficient (Wildman–Crippen LogP) is 2.22. The number of pyridine rings is 1. The van der Waals surface area contributed by atoms with E-state index in [2.05, 4.69) is 18.0 Å². The van der Waals surface area contributed by atoms with Crippen molar-refractivity contribution >= 4 is 11.8 Å². The Balaban J connectivity index is 2.14. The highest BCUT2D eigenvalue weighted by atomic mass is 32.2. The largest absolute Gasteiger partial charge is 0.377 e. The first-order valence-corrected chi connectivity index (χ1v) is 5.82. The summed E-state index contributed by atoms with van der Waals surface area (Å²) in [7, 11) is 0. The molecule has 0 amide bonds. The first-order valence-electron chi connectivity index (χ1n) is 4.94. The molecule has 0 aromatic carbocycles. The topological polar surface area (TPSA) is 45.9 Å². The predicted molar refractivity (Wildman–Crippen MR) is 58.6 cm³/mol. The first-order chi connectivity index (χ1) is 7.31. The number of hydrogen-bond donors (Lipinski definition) is 0. The van der Waals surface area contributed by atoms with E-state index in [1.165, 1.54) is 0 Å². The van der Waals surface area contributed by atoms with Gasteiger partial charge in [0.25, 0.3) is 0 Å². The SMILES string of the molecule is CC1OCCC1Sc1ncccc1C#N. The van der Waals surface area contributed by atoms with Crippen molar-refractivity contribution in [2.24, 2.45) is 0 Å². The van der Waals surface area contributed by atoms with Crippen molar-refractivity contribution in [2.45, 2.75) is 29.7 Å². The second-order valence-electron chi connectivity index (χ2n) is 3.49. The summed E-state index contributed by atoms with van der Waals surface area (Å²) in [4.78, 5) is 4.23. The number of aromatic nitrogens is 1. The highest BCUT2D eigenvalue weighted by Gasteiger charge is 2.26. The van der Waals surface area contributed by atoms with Gasteiger partial charge in [0.15, 0.2) is 0 Å². The van der Waals surface area contributed by atoms with Crippen LogP contribution in [0.5, 0.6) is 0 Å². The zero-order chi connectivity index (χ0) is 10.7. The molecular formula is C11H12N2OS. The molecule has 0 radical (unpaired) electrons. The minimum Gasteiger partial charge on any atom is -0.377 e. The minimum absolute atomic E-state index is 0.253. The zero-order valence-electron chi connectivity index (χ0n) is 8.51. The van der Waals surface area contributed by atoms with E-state index >= 15 is 0 Å². The molecule has 3 nitrogen and oxygen atoms in total. The lowest BCUT2D eigenvalue weighted by atomic mass is 10.3. The average molecular weight is 220 g/mol. The Bertz CT molecular complexity index is 388. The fraction of sp³-hybridized carbons (Fsp3) is 0.455. The van der Waals surface area contributed by atoms with Gasteiger partial charge in [0.05, 0.1) is 11.7 Å². The Labute approximate surface area is 93.5 Å². The Hall–Kier alpha value is -1.05. The molecule has 1 aliphatic rings. The molecule has 0 N–H and O–H groups in total. The molecule has 0 bridgehead atoms. The minimum atomic E-state index is 0.253. The van der Waals surface area contributed by atoms with Crippen molar-refractivity contribution in [2.75, 3.05) is 6.61 Å². The molecule has 1 aromatic heterocycles. The third kappa shape index (κ3) is 2.31. The van der Waals surface area contributed by atoms with Crippen LogP contribution in [-0.2, 0) is 4.74 Å². The number of rotatable bonds is 2. The quantitative estimate of drug-likeness (QED) is 0.766. The van der Waals surface area contributed by atoms with Crippen LogP contribution in [0.15, 0.2) is 23.4 Å². The van der Waals surface area contributed by atoms with Gasteiger partial charge in [-0.05, 0) is 25.5 Å². The van der Waals surface area contributed by atoms with Crippen LogP contribution < -0.4 is 0 Å². The van der Waals surface area contributed by atoms with E-state index in [-0.39, 0.29) is 6.10 Å². The Morgan fingerprint density at radius 1 is 1.67 bits per heavy atom. The van der Waals surface area contributed by atoms with Crippen molar-refractivity contribution in [3.8, 4) is 6.07 Å². The normalized spacial score (nSPS) is 25.1. The number of nitrogens with zero attached hydrogens (tertiary/aromatic N) is 2. The van der Waals surface area contributed by atoms with Crippen LogP contribution >= 0.6 is 11.8 Å². The van der Waals surface area contributed by atoms with E-state index in [0.717, 1.165) is 18.1 Å². The highest BCUT2D eigenvalue weighted by molar-refractivity contribution is 8.00. The molecule has 2 unspecified atom stereocenters. The van der Waals surface area contributed by atoms with Gasteiger partial charge in [0, 0.05) is 18.1 Å². The molecule has 4 heteroatoms. The maximum Gasteiger partial charge on any atom is 0.114 e. The summed E-state index contributed by atoms with van der Waals surface area (Å²) >= 11 is 1.65. The van der Waals surface area contributed by atoms with Crippen molar-refractivity contribution in [1.29, 1.82) is 5.26 Å². The summed E-state index contributed by atoms with van der Waals surface area (Å²) in [6.07, 6.45) is 3.01. The summed E-state index contributed by atoms with van der Waals surface area (Å²) in [6.45, 7) is 2.88. The summed E-state index contributed by atoms with van der Waals surface area (Å²) < 4.78 is 5.48. The van der Waals surface area contributed by atoms with Gasteiger partial charge in [-0.15, -0.1) is 0 Å². The molecule has 2 atom stereocenters. The second-order valence-corrected chi connectivity index (χ2v) is 4.72. The summed E-state index contributed by atoms with van der Waals surface area (Å²) in [5, 5.41) is 10.2. The number of thioether (sulfide) groups is 1. The summed E-state index contributed by atoms with van der Waals surface area (Å²) in [6, 6.07) is 5.75. The van der Waals surface area contributed by atoms with E-state index in [9.17, 15) is 0 Å². The van der Waals surface area contributed by atoms with Crippen LogP contribution in [0, 0.1) is 11.3 Å². The molecule has 0 saturated carbocycles. The van der Waals surface area contributed by atoms with Gasteiger partial charge in [-0.25, -0.2) is 4.98 Å². The molecular weight excluding hydrogens is 208 g/mol. The lowest BCUT2D eigenvalue weighted by molar-refractivity contribution is 0.127. The first kappa shape index (κ1) is 10.5. The third-order valence-corrected chi connectivity index (χ3v) is 3.93. The summed E-state index contributed by atoms with van der Waals surface area (Å²) in [5.41, 5.74) is 0.654. The van der Waals surface area contributed by atoms with Crippen LogP contribution in [0.3, 0.4) is 0 Å². The van der Waals surface area contributed by atoms with E-state index in [1.54, 1.807) is 30.1 Å². The van der Waals surface area contributed by atoms with Crippen LogP contribution in [-0.4, -0.2) is 22.9 Å². The van der Waals surface area contributed by atoms with E-state index in [1.807, 2.05) is 0 Å². The molecule has 0 aliphatic carbocycles. The molecule has 2 rings (SSSR count). The fourth-order valence-corrected chi connectivity index (χ4v) is 2.71. The molecule has 1 aliphatic heterocycles. The maximum absolute atomic E-state index is 8.92. The van der Waals surface area contributed by atoms with Gasteiger partial charge in [-0.1, -0.05) is 11.8 Å². The molecule has 2 heterocycles. The third-order valence-electron chi connectivity index (χ3n) is 2.46. The second kappa shape index (κ2) is 4.65. The molecule has 1 saturated heterocycles. The molecule has 1 fully saturated rings. The molecule has 0 spiro atoms. The van der Waals surface area contributed by atoms with Crippen molar-refractivity contribution < 1.29 is 4.74 Å². The standard InChI is InChI=1S/C11H12N2OS/c1-8-10(4-6-14-8)15-11-9(7-12)3-2-5-13-11/h2-3,5,8,10H,4,6H2,1H3. The number of nitriles is 1. The van der Waals surface area contributed by atoms with E-state index < -0.39 is 0 Å². The van der Waals surface area contributed by atoms with Gasteiger partial charge in [0.2, 0.25) is 0 Å². The molecule has 1 aromatic rings. The Morgan fingerprint density at radius 2 is 2.53 bits per heavy atom. The average Bonchev–Trinajstić information content (AvgIpc) is 2.65. The van der Waals surface area contributed by atoms with Crippen molar-refractivity contribution in [1.82, 2.24) is 4.98 Å². The van der Waals surface area contributed by atoms with Crippen LogP contribution in [0.2, 0.25) is 0 Å². The van der Waals surface area contributed by atoms with E-state index in [4.69, 9.17) is 10.00 Å². The zero-order valence-corrected chi connectivity index (χ0v) is 9.33. The lowest BCUT2D eigenvalue weighted by Gasteiger charge is -2.12. The number of ether oxygens (including phenoxy) is 1. The van der Waals surface area contributed by atoms with Gasteiger partial charge >= 0.3 is 0 Å². The van der Waals surface area contributed by atoms with Gasteiger partial charge in [0.1, 0.15) is 11.1 Å². The Kier molecular flexibility index (Phi) is 3.24. The molecule has 78 valence electrons. The highest BCUT2D eigenvalue weighted by Crippen LogP contribution is 2.32. The fourth-order valence-electron chi connectivity index (χ4n) is 1.58. The molecule has 15 heavy (non-hydrogen) atoms. The summed E-state index contributed by atoms with van der Waals surface area (Å²) in [5.74, 6) is 0.